The maximum absolute atomic E-state index is 12.5. The summed E-state index contributed by atoms with van der Waals surface area (Å²) in [4.78, 5) is 34.1. The lowest BCUT2D eigenvalue weighted by molar-refractivity contribution is -0.150. The minimum atomic E-state index is -0.711. The molecule has 0 aromatic carbocycles. The lowest BCUT2D eigenvalue weighted by Crippen LogP contribution is -2.20. The Labute approximate surface area is 168 Å². The number of hydrogen-bond acceptors (Lipinski definition) is 4. The molecule has 0 heterocycles. The molecule has 28 heavy (non-hydrogen) atoms. The summed E-state index contributed by atoms with van der Waals surface area (Å²) in [6.45, 7) is 15.7. The second-order valence-electron chi connectivity index (χ2n) is 8.42. The molecule has 0 aromatic heterocycles. The lowest BCUT2D eigenvalue weighted by atomic mass is 10.1. The van der Waals surface area contributed by atoms with E-state index in [-0.39, 0.29) is 35.4 Å². The highest BCUT2D eigenvalue weighted by molar-refractivity contribution is 6.00. The van der Waals surface area contributed by atoms with Crippen LogP contribution in [0.5, 0.6) is 0 Å². The standard InChI is InChI=1S/C19H26O3.C4H8O2/c1-7-8-13-12(4)16(10-15(13)20)22-18(21)17-14(9-11(2)3)19(17,5)6;1-2-3-4(5)6/h7,9,14,16-17H,1,8,10H2,2-6H3;2-3H2,1H3,(H,5,6). The summed E-state index contributed by atoms with van der Waals surface area (Å²) in [6.07, 6.45) is 5.33. The summed E-state index contributed by atoms with van der Waals surface area (Å²) in [5.41, 5.74) is 2.80. The fraction of sp³-hybridized carbons (Fsp3) is 0.609. The van der Waals surface area contributed by atoms with Gasteiger partial charge in [0.25, 0.3) is 0 Å². The molecule has 0 aromatic rings. The number of Topliss-reactive ketones (excluding diaryl/α,β-unsaturated/α-hetero) is 1. The first-order valence-corrected chi connectivity index (χ1v) is 9.88. The van der Waals surface area contributed by atoms with Crippen LogP contribution in [-0.4, -0.2) is 28.9 Å². The van der Waals surface area contributed by atoms with Crippen molar-refractivity contribution in [2.24, 2.45) is 17.3 Å². The third-order valence-electron chi connectivity index (χ3n) is 5.41. The molecule has 2 rings (SSSR count). The molecule has 5 heteroatoms. The van der Waals surface area contributed by atoms with E-state index in [1.54, 1.807) is 6.08 Å². The van der Waals surface area contributed by atoms with E-state index >= 15 is 0 Å². The molecule has 0 radical (unpaired) electrons. The summed E-state index contributed by atoms with van der Waals surface area (Å²) in [6, 6.07) is 0. The van der Waals surface area contributed by atoms with E-state index < -0.39 is 12.1 Å². The van der Waals surface area contributed by atoms with E-state index in [9.17, 15) is 14.4 Å². The largest absolute Gasteiger partial charge is 0.481 e. The number of aliphatic carboxylic acids is 1. The summed E-state index contributed by atoms with van der Waals surface area (Å²) < 4.78 is 5.66. The molecule has 0 aliphatic heterocycles. The zero-order valence-corrected chi connectivity index (χ0v) is 18.0. The topological polar surface area (TPSA) is 80.7 Å². The van der Waals surface area contributed by atoms with Crippen molar-refractivity contribution in [2.75, 3.05) is 0 Å². The van der Waals surface area contributed by atoms with Crippen LogP contribution in [0.25, 0.3) is 0 Å². The van der Waals surface area contributed by atoms with Crippen LogP contribution in [0.15, 0.2) is 35.5 Å². The molecule has 1 fully saturated rings. The van der Waals surface area contributed by atoms with Gasteiger partial charge in [0.15, 0.2) is 5.78 Å². The first-order chi connectivity index (χ1) is 13.0. The van der Waals surface area contributed by atoms with Gasteiger partial charge < -0.3 is 9.84 Å². The quantitative estimate of drug-likeness (QED) is 0.495. The Balaban J connectivity index is 0.000000568. The number of rotatable bonds is 7. The van der Waals surface area contributed by atoms with Crippen LogP contribution in [0.2, 0.25) is 0 Å². The fourth-order valence-corrected chi connectivity index (χ4v) is 3.63. The van der Waals surface area contributed by atoms with Gasteiger partial charge in [0.2, 0.25) is 0 Å². The number of hydrogen-bond donors (Lipinski definition) is 1. The summed E-state index contributed by atoms with van der Waals surface area (Å²) in [5, 5.41) is 7.91. The van der Waals surface area contributed by atoms with E-state index in [4.69, 9.17) is 9.84 Å². The molecule has 0 amide bonds. The van der Waals surface area contributed by atoms with Crippen LogP contribution >= 0.6 is 0 Å². The van der Waals surface area contributed by atoms with Gasteiger partial charge in [-0.1, -0.05) is 38.5 Å². The Hall–Kier alpha value is -2.17. The van der Waals surface area contributed by atoms with Crippen molar-refractivity contribution in [3.63, 3.8) is 0 Å². The molecule has 2 aliphatic rings. The number of esters is 1. The molecule has 3 unspecified atom stereocenters. The molecule has 0 spiro atoms. The van der Waals surface area contributed by atoms with Crippen LogP contribution in [0.4, 0.5) is 0 Å². The van der Waals surface area contributed by atoms with E-state index in [0.717, 1.165) is 17.6 Å². The minimum Gasteiger partial charge on any atom is -0.481 e. The van der Waals surface area contributed by atoms with Crippen molar-refractivity contribution < 1.29 is 24.2 Å². The maximum atomic E-state index is 12.5. The summed E-state index contributed by atoms with van der Waals surface area (Å²) in [7, 11) is 0. The molecule has 3 atom stereocenters. The van der Waals surface area contributed by atoms with Gasteiger partial charge in [-0.05, 0) is 50.5 Å². The molecule has 1 N–H and O–H groups in total. The SMILES string of the molecule is C=CCC1=C(C)C(OC(=O)C2C(C=C(C)C)C2(C)C)CC1=O.CCCC(=O)O. The van der Waals surface area contributed by atoms with Crippen molar-refractivity contribution in [1.29, 1.82) is 0 Å². The Bertz CT molecular complexity index is 692. The molecule has 156 valence electrons. The molecule has 5 nitrogen and oxygen atoms in total. The highest BCUT2D eigenvalue weighted by atomic mass is 16.5. The predicted molar refractivity (Wildman–Crippen MR) is 110 cm³/mol. The van der Waals surface area contributed by atoms with Crippen molar-refractivity contribution in [3.8, 4) is 0 Å². The zero-order chi connectivity index (χ0) is 21.6. The molecular weight excluding hydrogens is 356 g/mol. The van der Waals surface area contributed by atoms with Crippen LogP contribution < -0.4 is 0 Å². The highest BCUT2D eigenvalue weighted by Crippen LogP contribution is 2.60. The Morgan fingerprint density at radius 3 is 2.36 bits per heavy atom. The molecule has 1 saturated carbocycles. The Morgan fingerprint density at radius 2 is 1.93 bits per heavy atom. The van der Waals surface area contributed by atoms with Gasteiger partial charge in [0, 0.05) is 12.0 Å². The third kappa shape index (κ3) is 5.91. The lowest BCUT2D eigenvalue weighted by Gasteiger charge is -2.13. The molecular formula is C23H34O5. The van der Waals surface area contributed by atoms with Crippen LogP contribution in [0, 0.1) is 17.3 Å². The van der Waals surface area contributed by atoms with Crippen LogP contribution in [0.3, 0.4) is 0 Å². The van der Waals surface area contributed by atoms with Crippen LogP contribution in [0.1, 0.15) is 67.2 Å². The zero-order valence-electron chi connectivity index (χ0n) is 18.0. The average molecular weight is 391 g/mol. The van der Waals surface area contributed by atoms with Gasteiger partial charge in [0.1, 0.15) is 6.10 Å². The smallest absolute Gasteiger partial charge is 0.310 e. The van der Waals surface area contributed by atoms with Crippen molar-refractivity contribution in [3.05, 3.63) is 35.5 Å². The average Bonchev–Trinajstić information content (AvgIpc) is 2.99. The number of allylic oxidation sites excluding steroid dienone is 4. The van der Waals surface area contributed by atoms with Gasteiger partial charge in [-0.2, -0.15) is 0 Å². The second kappa shape index (κ2) is 9.85. The summed E-state index contributed by atoms with van der Waals surface area (Å²) >= 11 is 0. The number of carboxylic acid groups (broad SMARTS) is 1. The van der Waals surface area contributed by atoms with Gasteiger partial charge in [0.05, 0.1) is 12.3 Å². The third-order valence-corrected chi connectivity index (χ3v) is 5.41. The van der Waals surface area contributed by atoms with Gasteiger partial charge in [-0.25, -0.2) is 0 Å². The minimum absolute atomic E-state index is 0.0570. The summed E-state index contributed by atoms with van der Waals surface area (Å²) in [5.74, 6) is -0.680. The Kier molecular flexibility index (Phi) is 8.40. The van der Waals surface area contributed by atoms with E-state index in [2.05, 4.69) is 26.5 Å². The van der Waals surface area contributed by atoms with Gasteiger partial charge in [-0.15, -0.1) is 6.58 Å². The normalized spacial score (nSPS) is 24.8. The van der Waals surface area contributed by atoms with Crippen molar-refractivity contribution in [2.45, 2.75) is 73.3 Å². The predicted octanol–water partition coefficient (Wildman–Crippen LogP) is 4.87. The molecule has 0 bridgehead atoms. The second-order valence-corrected chi connectivity index (χ2v) is 8.42. The molecule has 0 saturated heterocycles. The molecule has 2 aliphatic carbocycles. The van der Waals surface area contributed by atoms with Crippen LogP contribution in [-0.2, 0) is 19.1 Å². The maximum Gasteiger partial charge on any atom is 0.310 e. The highest BCUT2D eigenvalue weighted by Gasteiger charge is 2.61. The van der Waals surface area contributed by atoms with E-state index in [1.807, 2.05) is 27.7 Å². The number of carboxylic acids is 1. The first-order valence-electron chi connectivity index (χ1n) is 9.88. The number of carbonyl (C=O) groups is 3. The number of ether oxygens (including phenoxy) is 1. The van der Waals surface area contributed by atoms with E-state index in [0.29, 0.717) is 12.8 Å². The Morgan fingerprint density at radius 1 is 1.32 bits per heavy atom. The van der Waals surface area contributed by atoms with Gasteiger partial charge >= 0.3 is 11.9 Å². The number of carbonyl (C=O) groups excluding carboxylic acids is 2. The number of ketones is 1. The van der Waals surface area contributed by atoms with Gasteiger partial charge in [-0.3, -0.25) is 14.4 Å². The first kappa shape index (κ1) is 23.9. The van der Waals surface area contributed by atoms with Crippen molar-refractivity contribution in [1.82, 2.24) is 0 Å². The fourth-order valence-electron chi connectivity index (χ4n) is 3.63. The van der Waals surface area contributed by atoms with Crippen molar-refractivity contribution >= 4 is 17.7 Å². The van der Waals surface area contributed by atoms with E-state index in [1.165, 1.54) is 5.57 Å². The monoisotopic (exact) mass is 390 g/mol.